The number of thioether (sulfide) groups is 1. The van der Waals surface area contributed by atoms with Crippen LogP contribution in [0.2, 0.25) is 10.0 Å². The van der Waals surface area contributed by atoms with Gasteiger partial charge in [-0.25, -0.2) is 0 Å². The number of rotatable bonds is 3. The van der Waals surface area contributed by atoms with Crippen molar-refractivity contribution in [2.24, 2.45) is 0 Å². The highest BCUT2D eigenvalue weighted by Crippen LogP contribution is 2.36. The van der Waals surface area contributed by atoms with Crippen molar-refractivity contribution in [3.05, 3.63) is 68.8 Å². The predicted molar refractivity (Wildman–Crippen MR) is 99.4 cm³/mol. The predicted octanol–water partition coefficient (Wildman–Crippen LogP) is 4.79. The van der Waals surface area contributed by atoms with Gasteiger partial charge in [-0.2, -0.15) is 0 Å². The summed E-state index contributed by atoms with van der Waals surface area (Å²) in [5.74, 6) is -0.146. The highest BCUT2D eigenvalue weighted by atomic mass is 35.5. The number of hydrogen-bond acceptors (Lipinski definition) is 4. The Hall–Kier alpha value is -1.40. The van der Waals surface area contributed by atoms with Crippen molar-refractivity contribution in [2.45, 2.75) is 6.54 Å². The van der Waals surface area contributed by atoms with Crippen molar-refractivity contribution >= 4 is 63.5 Å². The zero-order chi connectivity index (χ0) is 16.4. The van der Waals surface area contributed by atoms with Crippen molar-refractivity contribution in [3.8, 4) is 0 Å². The van der Waals surface area contributed by atoms with Gasteiger partial charge in [-0.15, -0.1) is 0 Å². The van der Waals surface area contributed by atoms with Crippen LogP contribution < -0.4 is 0 Å². The molecule has 0 unspecified atom stereocenters. The monoisotopic (exact) mass is 380 g/mol. The number of amides is 1. The number of hydrogen-bond donors (Lipinski definition) is 0. The van der Waals surface area contributed by atoms with E-state index >= 15 is 0 Å². The maximum absolute atomic E-state index is 12.6. The van der Waals surface area contributed by atoms with E-state index in [1.54, 1.807) is 41.6 Å². The van der Waals surface area contributed by atoms with Crippen LogP contribution in [-0.2, 0) is 11.3 Å². The highest BCUT2D eigenvalue weighted by Gasteiger charge is 2.32. The smallest absolute Gasteiger partial charge is 0.266 e. The number of nitrogens with zero attached hydrogens (tertiary/aromatic N) is 2. The molecule has 1 aliphatic heterocycles. The zero-order valence-electron chi connectivity index (χ0n) is 11.7. The molecule has 3 nitrogen and oxygen atoms in total. The Balaban J connectivity index is 1.88. The van der Waals surface area contributed by atoms with Gasteiger partial charge < -0.3 is 0 Å². The van der Waals surface area contributed by atoms with Gasteiger partial charge in [0.1, 0.15) is 4.32 Å². The van der Waals surface area contributed by atoms with Gasteiger partial charge in [-0.1, -0.05) is 53.2 Å². The summed E-state index contributed by atoms with van der Waals surface area (Å²) in [6.45, 7) is 0.417. The second-order valence-corrected chi connectivity index (χ2v) is 7.25. The van der Waals surface area contributed by atoms with E-state index in [9.17, 15) is 4.79 Å². The average Bonchev–Trinajstić information content (AvgIpc) is 2.80. The van der Waals surface area contributed by atoms with E-state index in [0.717, 1.165) is 5.56 Å². The van der Waals surface area contributed by atoms with Crippen LogP contribution in [0.5, 0.6) is 0 Å². The van der Waals surface area contributed by atoms with E-state index in [2.05, 4.69) is 4.98 Å². The molecule has 0 spiro atoms. The third-order valence-corrected chi connectivity index (χ3v) is 5.28. The van der Waals surface area contributed by atoms with Crippen molar-refractivity contribution in [2.75, 3.05) is 0 Å². The lowest BCUT2D eigenvalue weighted by Crippen LogP contribution is -2.27. The fourth-order valence-electron chi connectivity index (χ4n) is 2.09. The molecular formula is C16H10Cl2N2OS2. The van der Waals surface area contributed by atoms with E-state index < -0.39 is 0 Å². The molecule has 0 bridgehead atoms. The Morgan fingerprint density at radius 2 is 1.83 bits per heavy atom. The largest absolute Gasteiger partial charge is 0.288 e. The summed E-state index contributed by atoms with van der Waals surface area (Å²) in [5.41, 5.74) is 1.59. The highest BCUT2D eigenvalue weighted by molar-refractivity contribution is 8.26. The molecule has 1 fully saturated rings. The molecular weight excluding hydrogens is 371 g/mol. The minimum Gasteiger partial charge on any atom is -0.288 e. The first-order chi connectivity index (χ1) is 11.1. The minimum atomic E-state index is -0.146. The van der Waals surface area contributed by atoms with E-state index in [0.29, 0.717) is 31.4 Å². The van der Waals surface area contributed by atoms with E-state index in [1.807, 2.05) is 12.1 Å². The van der Waals surface area contributed by atoms with Crippen LogP contribution >= 0.6 is 47.2 Å². The molecule has 1 saturated heterocycles. The summed E-state index contributed by atoms with van der Waals surface area (Å²) in [6, 6.07) is 8.94. The summed E-state index contributed by atoms with van der Waals surface area (Å²) in [5, 5.41) is 0.994. The Morgan fingerprint density at radius 3 is 2.48 bits per heavy atom. The first-order valence-corrected chi connectivity index (χ1v) is 8.62. The van der Waals surface area contributed by atoms with Gasteiger partial charge in [0.25, 0.3) is 5.91 Å². The minimum absolute atomic E-state index is 0.146. The Bertz CT molecular complexity index is 789. The van der Waals surface area contributed by atoms with Crippen LogP contribution in [0.1, 0.15) is 11.1 Å². The molecule has 3 rings (SSSR count). The first kappa shape index (κ1) is 16.5. The molecule has 23 heavy (non-hydrogen) atoms. The van der Waals surface area contributed by atoms with Gasteiger partial charge in [-0.3, -0.25) is 14.7 Å². The molecule has 2 heterocycles. The van der Waals surface area contributed by atoms with E-state index in [4.69, 9.17) is 35.4 Å². The van der Waals surface area contributed by atoms with Crippen molar-refractivity contribution in [1.29, 1.82) is 0 Å². The van der Waals surface area contributed by atoms with Crippen LogP contribution in [0, 0.1) is 0 Å². The van der Waals surface area contributed by atoms with Crippen LogP contribution in [0.25, 0.3) is 6.08 Å². The van der Waals surface area contributed by atoms with Gasteiger partial charge in [0, 0.05) is 28.0 Å². The number of pyridine rings is 1. The van der Waals surface area contributed by atoms with Crippen LogP contribution in [0.3, 0.4) is 0 Å². The molecule has 7 heteroatoms. The molecule has 116 valence electrons. The third-order valence-electron chi connectivity index (χ3n) is 3.24. The molecule has 2 aromatic rings. The van der Waals surface area contributed by atoms with Gasteiger partial charge >= 0.3 is 0 Å². The lowest BCUT2D eigenvalue weighted by atomic mass is 10.2. The summed E-state index contributed by atoms with van der Waals surface area (Å²) in [6.07, 6.45) is 5.06. The second kappa shape index (κ2) is 7.01. The van der Waals surface area contributed by atoms with Crippen molar-refractivity contribution in [1.82, 2.24) is 9.88 Å². The summed E-state index contributed by atoms with van der Waals surface area (Å²) >= 11 is 18.9. The van der Waals surface area contributed by atoms with Gasteiger partial charge in [0.2, 0.25) is 0 Å². The number of benzene rings is 1. The molecule has 0 atom stereocenters. The summed E-state index contributed by atoms with van der Waals surface area (Å²) in [7, 11) is 0. The summed E-state index contributed by atoms with van der Waals surface area (Å²) < 4.78 is 0.515. The van der Waals surface area contributed by atoms with Crippen molar-refractivity contribution in [3.63, 3.8) is 0 Å². The maximum atomic E-state index is 12.6. The standard InChI is InChI=1S/C16H10Cl2N2OS2/c17-12-2-1-3-13(18)11(12)8-14-15(21)20(16(22)23-14)9-10-4-6-19-7-5-10/h1-8H,9H2/b14-8-. The number of aromatic nitrogens is 1. The molecule has 0 radical (unpaired) electrons. The molecule has 1 aliphatic rings. The topological polar surface area (TPSA) is 33.2 Å². The lowest BCUT2D eigenvalue weighted by Gasteiger charge is -2.14. The Kier molecular flexibility index (Phi) is 5.02. The average molecular weight is 381 g/mol. The van der Waals surface area contributed by atoms with Gasteiger partial charge in [0.05, 0.1) is 11.4 Å². The number of thiocarbonyl (C=S) groups is 1. The molecule has 0 saturated carbocycles. The number of carbonyl (C=O) groups is 1. The molecule has 1 amide bonds. The number of carbonyl (C=O) groups excluding carboxylic acids is 1. The fourth-order valence-corrected chi connectivity index (χ4v) is 3.83. The quantitative estimate of drug-likeness (QED) is 0.566. The number of halogens is 2. The van der Waals surface area contributed by atoms with Gasteiger partial charge in [0.15, 0.2) is 0 Å². The molecule has 1 aromatic carbocycles. The van der Waals surface area contributed by atoms with E-state index in [-0.39, 0.29) is 5.91 Å². The molecule has 0 aliphatic carbocycles. The van der Waals surface area contributed by atoms with Crippen LogP contribution in [0.4, 0.5) is 0 Å². The van der Waals surface area contributed by atoms with Crippen LogP contribution in [-0.4, -0.2) is 20.1 Å². The zero-order valence-corrected chi connectivity index (χ0v) is 14.8. The normalized spacial score (nSPS) is 16.4. The van der Waals surface area contributed by atoms with Crippen LogP contribution in [0.15, 0.2) is 47.6 Å². The SMILES string of the molecule is O=C1/C(=C/c2c(Cl)cccc2Cl)SC(=S)N1Cc1ccncc1. The lowest BCUT2D eigenvalue weighted by molar-refractivity contribution is -0.122. The first-order valence-electron chi connectivity index (χ1n) is 6.64. The second-order valence-electron chi connectivity index (χ2n) is 4.76. The van der Waals surface area contributed by atoms with E-state index in [1.165, 1.54) is 11.8 Å². The Morgan fingerprint density at radius 1 is 1.17 bits per heavy atom. The maximum Gasteiger partial charge on any atom is 0.266 e. The molecule has 1 aromatic heterocycles. The molecule has 0 N–H and O–H groups in total. The van der Waals surface area contributed by atoms with Gasteiger partial charge in [-0.05, 0) is 35.9 Å². The van der Waals surface area contributed by atoms with Crippen molar-refractivity contribution < 1.29 is 4.79 Å². The third kappa shape index (κ3) is 3.58. The summed E-state index contributed by atoms with van der Waals surface area (Å²) in [4.78, 5) is 18.6. The Labute approximate surface area is 153 Å². The fraction of sp³-hybridized carbons (Fsp3) is 0.0625.